The molecule has 0 fully saturated rings. The van der Waals surface area contributed by atoms with E-state index in [0.29, 0.717) is 17.9 Å². The third-order valence-corrected chi connectivity index (χ3v) is 2.46. The van der Waals surface area contributed by atoms with E-state index in [9.17, 15) is 4.79 Å². The third kappa shape index (κ3) is 2.32. The fourth-order valence-corrected chi connectivity index (χ4v) is 1.32. The lowest BCUT2D eigenvalue weighted by molar-refractivity contribution is -0.144. The molecule has 0 aliphatic rings. The first-order valence-electron chi connectivity index (χ1n) is 4.99. The van der Waals surface area contributed by atoms with Crippen molar-refractivity contribution in [1.82, 2.24) is 5.43 Å². The fraction of sp³-hybridized carbons (Fsp3) is 0.364. The minimum absolute atomic E-state index is 0.574. The monoisotopic (exact) mass is 224 g/mol. The Morgan fingerprint density at radius 1 is 1.50 bits per heavy atom. The van der Waals surface area contributed by atoms with Gasteiger partial charge >= 0.3 is 5.97 Å². The number of hydrogen-bond acceptors (Lipinski definition) is 4. The van der Waals surface area contributed by atoms with Crippen LogP contribution < -0.4 is 16.0 Å². The maximum Gasteiger partial charge on any atom is 0.329 e. The highest BCUT2D eigenvalue weighted by Gasteiger charge is 2.33. The van der Waals surface area contributed by atoms with E-state index in [2.05, 4.69) is 5.43 Å². The Kier molecular flexibility index (Phi) is 3.87. The minimum atomic E-state index is -1.29. The zero-order chi connectivity index (χ0) is 12.2. The fourth-order valence-electron chi connectivity index (χ4n) is 1.32. The summed E-state index contributed by atoms with van der Waals surface area (Å²) in [6.07, 6.45) is 0. The normalized spacial score (nSPS) is 14.2. The van der Waals surface area contributed by atoms with E-state index >= 15 is 0 Å². The summed E-state index contributed by atoms with van der Waals surface area (Å²) in [7, 11) is 0. The molecule has 0 aromatic heterocycles. The van der Waals surface area contributed by atoms with Crippen LogP contribution in [0.4, 0.5) is 0 Å². The summed E-state index contributed by atoms with van der Waals surface area (Å²) in [6.45, 7) is 3.96. The largest absolute Gasteiger partial charge is 0.494 e. The van der Waals surface area contributed by atoms with Crippen molar-refractivity contribution in [2.45, 2.75) is 19.4 Å². The van der Waals surface area contributed by atoms with Gasteiger partial charge in [0.05, 0.1) is 6.61 Å². The van der Waals surface area contributed by atoms with Gasteiger partial charge in [-0.15, -0.1) is 0 Å². The van der Waals surface area contributed by atoms with Crippen LogP contribution in [0.1, 0.15) is 19.4 Å². The van der Waals surface area contributed by atoms with Gasteiger partial charge in [-0.1, -0.05) is 12.1 Å². The molecule has 1 atom stereocenters. The van der Waals surface area contributed by atoms with Crippen LogP contribution in [0.2, 0.25) is 0 Å². The van der Waals surface area contributed by atoms with Gasteiger partial charge < -0.3 is 9.84 Å². The molecule has 0 saturated carbocycles. The number of aliphatic carboxylic acids is 1. The van der Waals surface area contributed by atoms with Gasteiger partial charge in [-0.25, -0.2) is 10.2 Å². The van der Waals surface area contributed by atoms with Gasteiger partial charge in [0.2, 0.25) is 0 Å². The Morgan fingerprint density at radius 3 is 2.44 bits per heavy atom. The molecular weight excluding hydrogens is 208 g/mol. The molecule has 1 rings (SSSR count). The standard InChI is InChI=1S/C11H16N2O3/c1-3-16-9-6-4-8(5-7-9)11(2,13-12)10(14)15/h4-7,13H,3,12H2,1-2H3,(H,14,15). The van der Waals surface area contributed by atoms with Crippen molar-refractivity contribution in [2.75, 3.05) is 6.61 Å². The minimum Gasteiger partial charge on any atom is -0.494 e. The van der Waals surface area contributed by atoms with Crippen molar-refractivity contribution in [3.8, 4) is 5.75 Å². The van der Waals surface area contributed by atoms with Crippen LogP contribution in [0.3, 0.4) is 0 Å². The van der Waals surface area contributed by atoms with Gasteiger partial charge in [0, 0.05) is 0 Å². The average molecular weight is 224 g/mol. The molecule has 0 heterocycles. The zero-order valence-electron chi connectivity index (χ0n) is 9.36. The number of nitrogens with one attached hydrogen (secondary N) is 1. The molecular formula is C11H16N2O3. The number of carbonyl (C=O) groups is 1. The van der Waals surface area contributed by atoms with Crippen LogP contribution in [0.5, 0.6) is 5.75 Å². The predicted molar refractivity (Wildman–Crippen MR) is 59.9 cm³/mol. The molecule has 1 aromatic rings. The van der Waals surface area contributed by atoms with Crippen molar-refractivity contribution >= 4 is 5.97 Å². The van der Waals surface area contributed by atoms with E-state index in [1.54, 1.807) is 24.3 Å². The molecule has 16 heavy (non-hydrogen) atoms. The van der Waals surface area contributed by atoms with Gasteiger partial charge in [-0.3, -0.25) is 5.84 Å². The molecule has 0 aliphatic carbocycles. The molecule has 0 radical (unpaired) electrons. The van der Waals surface area contributed by atoms with E-state index in [1.807, 2.05) is 6.92 Å². The van der Waals surface area contributed by atoms with Crippen molar-refractivity contribution in [3.05, 3.63) is 29.8 Å². The van der Waals surface area contributed by atoms with Crippen LogP contribution in [-0.4, -0.2) is 17.7 Å². The number of ether oxygens (including phenoxy) is 1. The van der Waals surface area contributed by atoms with E-state index in [-0.39, 0.29) is 0 Å². The summed E-state index contributed by atoms with van der Waals surface area (Å²) >= 11 is 0. The van der Waals surface area contributed by atoms with Crippen LogP contribution >= 0.6 is 0 Å². The second-order valence-electron chi connectivity index (χ2n) is 3.53. The number of carboxylic acids is 1. The molecule has 5 nitrogen and oxygen atoms in total. The van der Waals surface area contributed by atoms with Gasteiger partial charge in [-0.05, 0) is 31.5 Å². The van der Waals surface area contributed by atoms with Crippen LogP contribution in [0.25, 0.3) is 0 Å². The molecule has 4 N–H and O–H groups in total. The summed E-state index contributed by atoms with van der Waals surface area (Å²) < 4.78 is 5.27. The maximum atomic E-state index is 11.1. The molecule has 88 valence electrons. The summed E-state index contributed by atoms with van der Waals surface area (Å²) in [5.74, 6) is 4.95. The Bertz CT molecular complexity index is 364. The number of hydrazine groups is 1. The Balaban J connectivity index is 2.99. The second-order valence-corrected chi connectivity index (χ2v) is 3.53. The van der Waals surface area contributed by atoms with Crippen molar-refractivity contribution in [3.63, 3.8) is 0 Å². The van der Waals surface area contributed by atoms with E-state index in [1.165, 1.54) is 6.92 Å². The Morgan fingerprint density at radius 2 is 2.06 bits per heavy atom. The van der Waals surface area contributed by atoms with E-state index in [4.69, 9.17) is 15.7 Å². The number of nitrogens with two attached hydrogens (primary N) is 1. The topological polar surface area (TPSA) is 84.6 Å². The van der Waals surface area contributed by atoms with Gasteiger partial charge in [-0.2, -0.15) is 0 Å². The molecule has 1 unspecified atom stereocenters. The van der Waals surface area contributed by atoms with Crippen molar-refractivity contribution < 1.29 is 14.6 Å². The molecule has 0 spiro atoms. The van der Waals surface area contributed by atoms with Crippen LogP contribution in [0, 0.1) is 0 Å². The molecule has 0 aliphatic heterocycles. The summed E-state index contributed by atoms with van der Waals surface area (Å²) in [6, 6.07) is 6.80. The maximum absolute atomic E-state index is 11.1. The van der Waals surface area contributed by atoms with E-state index < -0.39 is 11.5 Å². The molecule has 0 saturated heterocycles. The number of benzene rings is 1. The van der Waals surface area contributed by atoms with Crippen molar-refractivity contribution in [1.29, 1.82) is 0 Å². The van der Waals surface area contributed by atoms with Crippen LogP contribution in [0.15, 0.2) is 24.3 Å². The molecule has 1 aromatic carbocycles. The van der Waals surface area contributed by atoms with Gasteiger partial charge in [0.1, 0.15) is 5.75 Å². The summed E-state index contributed by atoms with van der Waals surface area (Å²) in [4.78, 5) is 11.1. The first-order chi connectivity index (χ1) is 7.54. The highest BCUT2D eigenvalue weighted by atomic mass is 16.5. The zero-order valence-corrected chi connectivity index (χ0v) is 9.36. The van der Waals surface area contributed by atoms with Crippen molar-refractivity contribution in [2.24, 2.45) is 5.84 Å². The number of hydrogen-bond donors (Lipinski definition) is 3. The molecule has 0 bridgehead atoms. The molecule has 0 amide bonds. The SMILES string of the molecule is CCOc1ccc(C(C)(NN)C(=O)O)cc1. The Hall–Kier alpha value is -1.59. The number of carboxylic acid groups (broad SMARTS) is 1. The lowest BCUT2D eigenvalue weighted by atomic mass is 9.93. The molecule has 5 heteroatoms. The lowest BCUT2D eigenvalue weighted by Crippen LogP contribution is -2.50. The first kappa shape index (κ1) is 12.5. The summed E-state index contributed by atoms with van der Waals surface area (Å²) in [5, 5.41) is 9.08. The number of rotatable bonds is 5. The highest BCUT2D eigenvalue weighted by molar-refractivity contribution is 5.80. The lowest BCUT2D eigenvalue weighted by Gasteiger charge is -2.24. The summed E-state index contributed by atoms with van der Waals surface area (Å²) in [5.41, 5.74) is 1.59. The first-order valence-corrected chi connectivity index (χ1v) is 4.99. The average Bonchev–Trinajstić information content (AvgIpc) is 2.29. The smallest absolute Gasteiger partial charge is 0.329 e. The quantitative estimate of drug-likeness (QED) is 0.510. The third-order valence-electron chi connectivity index (χ3n) is 2.46. The highest BCUT2D eigenvalue weighted by Crippen LogP contribution is 2.22. The van der Waals surface area contributed by atoms with Gasteiger partial charge in [0.15, 0.2) is 5.54 Å². The van der Waals surface area contributed by atoms with E-state index in [0.717, 1.165) is 0 Å². The Labute approximate surface area is 94.2 Å². The van der Waals surface area contributed by atoms with Gasteiger partial charge in [0.25, 0.3) is 0 Å². The predicted octanol–water partition coefficient (Wildman–Crippen LogP) is 0.848. The second kappa shape index (κ2) is 4.96. The van der Waals surface area contributed by atoms with Crippen LogP contribution in [-0.2, 0) is 10.3 Å².